The number of hydrogen-bond donors (Lipinski definition) is 0. The van der Waals surface area contributed by atoms with Gasteiger partial charge in [0.2, 0.25) is 0 Å². The number of benzene rings is 1. The van der Waals surface area contributed by atoms with Crippen molar-refractivity contribution in [3.05, 3.63) is 66.0 Å². The highest BCUT2D eigenvalue weighted by Crippen LogP contribution is 2.28. The van der Waals surface area contributed by atoms with Crippen molar-refractivity contribution in [1.82, 2.24) is 14.8 Å². The fourth-order valence-electron chi connectivity index (χ4n) is 3.76. The fraction of sp³-hybridized carbons (Fsp3) is 0.400. The maximum Gasteiger partial charge on any atom is 0.410 e. The molecule has 1 aromatic heterocycles. The molecule has 2 atom stereocenters. The van der Waals surface area contributed by atoms with Crippen LogP contribution in [0.5, 0.6) is 0 Å². The highest BCUT2D eigenvalue weighted by atomic mass is 16.6. The van der Waals surface area contributed by atoms with Gasteiger partial charge in [-0.25, -0.2) is 4.79 Å². The molecule has 0 radical (unpaired) electrons. The first kappa shape index (κ1) is 16.1. The van der Waals surface area contributed by atoms with E-state index < -0.39 is 0 Å². The van der Waals surface area contributed by atoms with Crippen molar-refractivity contribution < 1.29 is 9.53 Å². The molecule has 5 heteroatoms. The predicted octanol–water partition coefficient (Wildman–Crippen LogP) is 2.72. The van der Waals surface area contributed by atoms with Crippen LogP contribution in [-0.4, -0.2) is 52.7 Å². The van der Waals surface area contributed by atoms with Crippen LogP contribution in [0.2, 0.25) is 0 Å². The smallest absolute Gasteiger partial charge is 0.410 e. The number of nitrogens with zero attached hydrogens (tertiary/aromatic N) is 3. The Morgan fingerprint density at radius 1 is 1.08 bits per heavy atom. The van der Waals surface area contributed by atoms with Crippen LogP contribution in [0.3, 0.4) is 0 Å². The van der Waals surface area contributed by atoms with Crippen molar-refractivity contribution in [3.63, 3.8) is 0 Å². The highest BCUT2D eigenvalue weighted by Gasteiger charge is 2.47. The van der Waals surface area contributed by atoms with Crippen molar-refractivity contribution in [2.75, 3.05) is 19.6 Å². The van der Waals surface area contributed by atoms with E-state index >= 15 is 0 Å². The van der Waals surface area contributed by atoms with Gasteiger partial charge >= 0.3 is 6.09 Å². The molecular formula is C20H23N3O2. The van der Waals surface area contributed by atoms with Gasteiger partial charge in [0, 0.05) is 19.3 Å². The molecule has 0 unspecified atom stereocenters. The lowest BCUT2D eigenvalue weighted by atomic mass is 10.1. The van der Waals surface area contributed by atoms with Crippen molar-refractivity contribution >= 4 is 6.09 Å². The first-order valence-electron chi connectivity index (χ1n) is 8.93. The monoisotopic (exact) mass is 337 g/mol. The zero-order valence-corrected chi connectivity index (χ0v) is 14.3. The number of hydrogen-bond acceptors (Lipinski definition) is 4. The molecular weight excluding hydrogens is 314 g/mol. The number of likely N-dealkylation sites (tertiary alicyclic amines) is 1. The Morgan fingerprint density at radius 3 is 2.72 bits per heavy atom. The summed E-state index contributed by atoms with van der Waals surface area (Å²) < 4.78 is 5.58. The number of amides is 1. The van der Waals surface area contributed by atoms with E-state index in [9.17, 15) is 4.79 Å². The van der Waals surface area contributed by atoms with Crippen LogP contribution in [0.4, 0.5) is 4.79 Å². The molecule has 2 aliphatic rings. The lowest BCUT2D eigenvalue weighted by molar-refractivity contribution is 0.120. The molecule has 130 valence electrons. The SMILES string of the molecule is O=C1O[C@H]2CN(CCCc3ccccc3)C[C@H]2N1Cc1ccccn1. The van der Waals surface area contributed by atoms with E-state index in [1.165, 1.54) is 5.56 Å². The second-order valence-electron chi connectivity index (χ2n) is 6.79. The van der Waals surface area contributed by atoms with Crippen LogP contribution in [0.15, 0.2) is 54.7 Å². The van der Waals surface area contributed by atoms with E-state index in [4.69, 9.17) is 4.74 Å². The molecule has 5 nitrogen and oxygen atoms in total. The van der Waals surface area contributed by atoms with Gasteiger partial charge in [0.15, 0.2) is 0 Å². The van der Waals surface area contributed by atoms with Gasteiger partial charge in [-0.05, 0) is 37.1 Å². The molecule has 3 heterocycles. The Morgan fingerprint density at radius 2 is 1.92 bits per heavy atom. The maximum absolute atomic E-state index is 12.2. The Hall–Kier alpha value is -2.40. The third-order valence-corrected chi connectivity index (χ3v) is 5.04. The Kier molecular flexibility index (Phi) is 4.65. The predicted molar refractivity (Wildman–Crippen MR) is 95.0 cm³/mol. The molecule has 1 amide bonds. The minimum atomic E-state index is -0.204. The van der Waals surface area contributed by atoms with Gasteiger partial charge in [-0.15, -0.1) is 0 Å². The third kappa shape index (κ3) is 3.66. The van der Waals surface area contributed by atoms with Crippen LogP contribution in [0.1, 0.15) is 17.7 Å². The van der Waals surface area contributed by atoms with Gasteiger partial charge in [-0.3, -0.25) is 14.8 Å². The standard InChI is InChI=1S/C20H23N3O2/c24-20-23(13-17-10-4-5-11-21-17)18-14-22(15-19(18)25-20)12-6-9-16-7-2-1-3-8-16/h1-5,7-8,10-11,18-19H,6,9,12-15H2/t18-,19+/m1/s1. The first-order chi connectivity index (χ1) is 12.3. The average Bonchev–Trinajstić information content (AvgIpc) is 3.15. The molecule has 0 N–H and O–H groups in total. The van der Waals surface area contributed by atoms with E-state index in [2.05, 4.69) is 40.2 Å². The number of carbonyl (C=O) groups excluding carboxylic acids is 1. The summed E-state index contributed by atoms with van der Waals surface area (Å²) >= 11 is 0. The van der Waals surface area contributed by atoms with E-state index in [-0.39, 0.29) is 18.2 Å². The molecule has 2 saturated heterocycles. The van der Waals surface area contributed by atoms with E-state index in [1.807, 2.05) is 23.1 Å². The molecule has 2 fully saturated rings. The Labute approximate surface area is 148 Å². The molecule has 4 rings (SSSR count). The van der Waals surface area contributed by atoms with Crippen LogP contribution in [0.25, 0.3) is 0 Å². The third-order valence-electron chi connectivity index (χ3n) is 5.04. The zero-order chi connectivity index (χ0) is 17.1. The molecule has 25 heavy (non-hydrogen) atoms. The van der Waals surface area contributed by atoms with Crippen LogP contribution in [-0.2, 0) is 17.7 Å². The normalized spacial score (nSPS) is 22.9. The highest BCUT2D eigenvalue weighted by molar-refractivity contribution is 5.71. The molecule has 1 aromatic carbocycles. The fourth-order valence-corrected chi connectivity index (χ4v) is 3.76. The summed E-state index contributed by atoms with van der Waals surface area (Å²) in [5.41, 5.74) is 2.28. The number of aryl methyl sites for hydroxylation is 1. The Bertz CT molecular complexity index is 707. The number of ether oxygens (including phenoxy) is 1. The number of fused-ring (bicyclic) bond motifs is 1. The van der Waals surface area contributed by atoms with Gasteiger partial charge in [0.05, 0.1) is 18.3 Å². The molecule has 0 spiro atoms. The molecule has 0 saturated carbocycles. The number of aromatic nitrogens is 1. The van der Waals surface area contributed by atoms with Gasteiger partial charge in [0.25, 0.3) is 0 Å². The topological polar surface area (TPSA) is 45.7 Å². The van der Waals surface area contributed by atoms with Crippen LogP contribution < -0.4 is 0 Å². The quantitative estimate of drug-likeness (QED) is 0.813. The summed E-state index contributed by atoms with van der Waals surface area (Å²) in [6.07, 6.45) is 3.76. The summed E-state index contributed by atoms with van der Waals surface area (Å²) in [4.78, 5) is 20.7. The average molecular weight is 337 g/mol. The molecule has 0 aliphatic carbocycles. The van der Waals surface area contributed by atoms with Crippen molar-refractivity contribution in [2.24, 2.45) is 0 Å². The van der Waals surface area contributed by atoms with Crippen molar-refractivity contribution in [1.29, 1.82) is 0 Å². The zero-order valence-electron chi connectivity index (χ0n) is 14.3. The second kappa shape index (κ2) is 7.23. The van der Waals surface area contributed by atoms with Gasteiger partial charge in [-0.1, -0.05) is 36.4 Å². The van der Waals surface area contributed by atoms with Gasteiger partial charge in [0.1, 0.15) is 6.10 Å². The minimum Gasteiger partial charge on any atom is -0.442 e. The summed E-state index contributed by atoms with van der Waals surface area (Å²) in [5.74, 6) is 0. The summed E-state index contributed by atoms with van der Waals surface area (Å²) in [6, 6.07) is 16.5. The lowest BCUT2D eigenvalue weighted by Crippen LogP contribution is -2.37. The molecule has 0 bridgehead atoms. The van der Waals surface area contributed by atoms with Crippen LogP contribution in [0, 0.1) is 0 Å². The first-order valence-corrected chi connectivity index (χ1v) is 8.93. The Balaban J connectivity index is 1.31. The number of pyridine rings is 1. The van der Waals surface area contributed by atoms with Gasteiger partial charge < -0.3 is 4.74 Å². The lowest BCUT2D eigenvalue weighted by Gasteiger charge is -2.22. The summed E-state index contributed by atoms with van der Waals surface area (Å²) in [7, 11) is 0. The summed E-state index contributed by atoms with van der Waals surface area (Å²) in [6.45, 7) is 3.29. The van der Waals surface area contributed by atoms with Crippen molar-refractivity contribution in [3.8, 4) is 0 Å². The van der Waals surface area contributed by atoms with Crippen LogP contribution >= 0.6 is 0 Å². The largest absolute Gasteiger partial charge is 0.442 e. The minimum absolute atomic E-state index is 0.00654. The molecule has 2 aromatic rings. The van der Waals surface area contributed by atoms with E-state index in [0.717, 1.165) is 38.2 Å². The second-order valence-corrected chi connectivity index (χ2v) is 6.79. The van der Waals surface area contributed by atoms with E-state index in [1.54, 1.807) is 6.20 Å². The molecule has 2 aliphatic heterocycles. The maximum atomic E-state index is 12.2. The van der Waals surface area contributed by atoms with Crippen molar-refractivity contribution in [2.45, 2.75) is 31.5 Å². The van der Waals surface area contributed by atoms with Gasteiger partial charge in [-0.2, -0.15) is 0 Å². The number of carbonyl (C=O) groups is 1. The summed E-state index contributed by atoms with van der Waals surface area (Å²) in [5, 5.41) is 0. The van der Waals surface area contributed by atoms with E-state index in [0.29, 0.717) is 6.54 Å². The number of rotatable bonds is 6.